The highest BCUT2D eigenvalue weighted by Gasteiger charge is 2.50. The minimum atomic E-state index is -0.722. The minimum Gasteiger partial charge on any atom is -0.457 e. The normalized spacial score (nSPS) is 14.1. The van der Waals surface area contributed by atoms with E-state index in [9.17, 15) is 0 Å². The lowest BCUT2D eigenvalue weighted by molar-refractivity contribution is 0.199. The summed E-state index contributed by atoms with van der Waals surface area (Å²) in [5.41, 5.74) is 16.5. The predicted molar refractivity (Wildman–Crippen MR) is 171 cm³/mol. The topological polar surface area (TPSA) is 68.3 Å². The highest BCUT2D eigenvalue weighted by Crippen LogP contribution is 2.62. The van der Waals surface area contributed by atoms with Gasteiger partial charge in [0, 0.05) is 22.3 Å². The third-order valence-electron chi connectivity index (χ3n) is 8.68. The van der Waals surface area contributed by atoms with E-state index in [0.717, 1.165) is 39.3 Å². The van der Waals surface area contributed by atoms with Gasteiger partial charge < -0.3 is 9.47 Å². The lowest BCUT2D eigenvalue weighted by Gasteiger charge is -2.39. The van der Waals surface area contributed by atoms with Crippen LogP contribution in [0, 0.1) is 5.41 Å². The number of hydrogen-bond acceptors (Lipinski definition) is 4. The molecule has 0 saturated carbocycles. The van der Waals surface area contributed by atoms with E-state index in [1.165, 1.54) is 22.3 Å². The van der Waals surface area contributed by atoms with Gasteiger partial charge in [-0.1, -0.05) is 115 Å². The lowest BCUT2D eigenvalue weighted by Crippen LogP contribution is -2.32. The number of hydrogen-bond donors (Lipinski definition) is 2. The second kappa shape index (κ2) is 9.83. The number of benzene rings is 6. The summed E-state index contributed by atoms with van der Waals surface area (Å²) in [7, 11) is 0. The van der Waals surface area contributed by atoms with Gasteiger partial charge in [0.15, 0.2) is 6.23 Å². The summed E-state index contributed by atoms with van der Waals surface area (Å²) in [5.74, 6) is 1.75. The molecule has 43 heavy (non-hydrogen) atoms. The molecule has 0 saturated heterocycles. The summed E-state index contributed by atoms with van der Waals surface area (Å²) in [5, 5.41) is 8.67. The fraction of sp³-hybridized carbons (Fsp3) is 0.0513. The van der Waals surface area contributed by atoms with Crippen molar-refractivity contribution >= 4 is 5.90 Å². The van der Waals surface area contributed by atoms with Gasteiger partial charge >= 0.3 is 0 Å². The molecule has 1 heterocycles. The molecule has 1 aliphatic carbocycles. The molecule has 0 fully saturated rings. The Balaban J connectivity index is 1.26. The molecular weight excluding hydrogens is 528 g/mol. The minimum absolute atomic E-state index is 0.0311. The zero-order valence-electron chi connectivity index (χ0n) is 23.3. The van der Waals surface area contributed by atoms with Gasteiger partial charge in [0.25, 0.3) is 0 Å². The maximum atomic E-state index is 8.67. The van der Waals surface area contributed by atoms with Crippen LogP contribution in [0.5, 0.6) is 11.5 Å². The Kier molecular flexibility index (Phi) is 5.78. The van der Waals surface area contributed by atoms with Crippen LogP contribution in [0.25, 0.3) is 22.3 Å². The van der Waals surface area contributed by atoms with Crippen molar-refractivity contribution in [1.82, 2.24) is 0 Å². The van der Waals surface area contributed by atoms with Gasteiger partial charge in [0.1, 0.15) is 11.5 Å². The van der Waals surface area contributed by atoms with Crippen molar-refractivity contribution in [3.63, 3.8) is 0 Å². The van der Waals surface area contributed by atoms with Crippen LogP contribution in [0.15, 0.2) is 146 Å². The van der Waals surface area contributed by atoms with Gasteiger partial charge in [-0.2, -0.15) is 0 Å². The first-order valence-corrected chi connectivity index (χ1v) is 14.4. The highest BCUT2D eigenvalue weighted by molar-refractivity contribution is 5.94. The highest BCUT2D eigenvalue weighted by atomic mass is 16.5. The molecule has 8 rings (SSSR count). The molecule has 6 aromatic rings. The van der Waals surface area contributed by atoms with Crippen molar-refractivity contribution < 1.29 is 9.47 Å². The van der Waals surface area contributed by atoms with Crippen molar-refractivity contribution in [1.29, 1.82) is 5.41 Å². The van der Waals surface area contributed by atoms with Gasteiger partial charge in [-0.3, -0.25) is 11.1 Å². The van der Waals surface area contributed by atoms with Crippen LogP contribution >= 0.6 is 0 Å². The first-order chi connectivity index (χ1) is 21.1. The van der Waals surface area contributed by atoms with E-state index < -0.39 is 11.6 Å². The average Bonchev–Trinajstić information content (AvgIpc) is 3.36. The van der Waals surface area contributed by atoms with Gasteiger partial charge in [-0.25, -0.2) is 0 Å². The van der Waals surface area contributed by atoms with E-state index in [2.05, 4.69) is 91.0 Å². The zero-order valence-corrected chi connectivity index (χ0v) is 23.3. The summed E-state index contributed by atoms with van der Waals surface area (Å²) in [6.45, 7) is 0. The standard InChI is InChI=1S/C39H28N2O2/c40-37(25-11-2-1-3-12-25)43-38(41)28-14-10-13-26(23-28)27-21-22-36-34(24-27)39(33-19-8-9-20-35(33)42-36)31-17-6-4-15-29(31)30-16-5-7-18-32(30)39/h1-24,37,41H,40H2. The summed E-state index contributed by atoms with van der Waals surface area (Å²) in [6.07, 6.45) is -0.722. The largest absolute Gasteiger partial charge is 0.457 e. The van der Waals surface area contributed by atoms with Crippen molar-refractivity contribution in [2.75, 3.05) is 0 Å². The number of rotatable bonds is 4. The monoisotopic (exact) mass is 556 g/mol. The Bertz CT molecular complexity index is 1990. The number of nitrogens with two attached hydrogens (primary N) is 1. The Morgan fingerprint density at radius 2 is 1.19 bits per heavy atom. The van der Waals surface area contributed by atoms with Crippen molar-refractivity contribution in [2.24, 2.45) is 5.73 Å². The van der Waals surface area contributed by atoms with Crippen molar-refractivity contribution in [3.05, 3.63) is 179 Å². The quantitative estimate of drug-likeness (QED) is 0.129. The van der Waals surface area contributed by atoms with E-state index >= 15 is 0 Å². The van der Waals surface area contributed by atoms with Crippen molar-refractivity contribution in [2.45, 2.75) is 11.6 Å². The average molecular weight is 557 g/mol. The smallest absolute Gasteiger partial charge is 0.215 e. The molecule has 0 radical (unpaired) electrons. The zero-order chi connectivity index (χ0) is 29.0. The molecule has 0 bridgehead atoms. The van der Waals surface area contributed by atoms with E-state index in [1.807, 2.05) is 54.6 Å². The molecule has 206 valence electrons. The molecule has 0 amide bonds. The maximum absolute atomic E-state index is 8.67. The molecule has 1 aliphatic heterocycles. The van der Waals surface area contributed by atoms with Crippen LogP contribution < -0.4 is 10.5 Å². The summed E-state index contributed by atoms with van der Waals surface area (Å²) in [6, 6.07) is 49.7. The first kappa shape index (κ1) is 25.3. The molecule has 1 unspecified atom stereocenters. The molecule has 6 aromatic carbocycles. The van der Waals surface area contributed by atoms with Crippen LogP contribution in [0.4, 0.5) is 0 Å². The van der Waals surface area contributed by atoms with E-state index in [-0.39, 0.29) is 5.90 Å². The SMILES string of the molecule is N=C(OC(N)c1ccccc1)c1cccc(-c2ccc3c(c2)C2(c4ccccc4O3)c3ccccc3-c3ccccc32)c1. The second-order valence-electron chi connectivity index (χ2n) is 11.0. The maximum Gasteiger partial charge on any atom is 0.215 e. The Morgan fingerprint density at radius 3 is 1.93 bits per heavy atom. The number of para-hydroxylation sites is 1. The molecule has 4 heteroatoms. The third kappa shape index (κ3) is 3.84. The molecule has 1 spiro atoms. The Morgan fingerprint density at radius 1 is 0.581 bits per heavy atom. The van der Waals surface area contributed by atoms with Gasteiger partial charge in [-0.15, -0.1) is 0 Å². The predicted octanol–water partition coefficient (Wildman–Crippen LogP) is 8.82. The number of fused-ring (bicyclic) bond motifs is 9. The van der Waals surface area contributed by atoms with Crippen molar-refractivity contribution in [3.8, 4) is 33.8 Å². The summed E-state index contributed by atoms with van der Waals surface area (Å²) >= 11 is 0. The number of ether oxygens (including phenoxy) is 2. The van der Waals surface area contributed by atoms with E-state index in [0.29, 0.717) is 5.56 Å². The van der Waals surface area contributed by atoms with Crippen LogP contribution in [0.3, 0.4) is 0 Å². The van der Waals surface area contributed by atoms with Gasteiger partial charge in [0.05, 0.1) is 5.41 Å². The van der Waals surface area contributed by atoms with Gasteiger partial charge in [0.2, 0.25) is 5.90 Å². The van der Waals surface area contributed by atoms with E-state index in [4.69, 9.17) is 20.6 Å². The second-order valence-corrected chi connectivity index (χ2v) is 11.0. The Hall–Kier alpha value is -5.45. The first-order valence-electron chi connectivity index (χ1n) is 14.4. The molecular formula is C39H28N2O2. The van der Waals surface area contributed by atoms with E-state index in [1.54, 1.807) is 0 Å². The molecule has 1 atom stereocenters. The molecule has 2 aliphatic rings. The molecule has 4 nitrogen and oxygen atoms in total. The fourth-order valence-corrected chi connectivity index (χ4v) is 6.78. The summed E-state index contributed by atoms with van der Waals surface area (Å²) < 4.78 is 12.4. The molecule has 0 aromatic heterocycles. The van der Waals surface area contributed by atoms with Crippen LogP contribution in [0.1, 0.15) is 39.6 Å². The number of nitrogens with one attached hydrogen (secondary N) is 1. The van der Waals surface area contributed by atoms with Crippen LogP contribution in [-0.4, -0.2) is 5.90 Å². The third-order valence-corrected chi connectivity index (χ3v) is 8.68. The fourth-order valence-electron chi connectivity index (χ4n) is 6.78. The van der Waals surface area contributed by atoms with Crippen LogP contribution in [-0.2, 0) is 10.2 Å². The Labute approximate surface area is 250 Å². The lowest BCUT2D eigenvalue weighted by atomic mass is 9.66. The van der Waals surface area contributed by atoms with Crippen LogP contribution in [0.2, 0.25) is 0 Å². The van der Waals surface area contributed by atoms with Gasteiger partial charge in [-0.05, 0) is 63.7 Å². The molecule has 3 N–H and O–H groups in total. The summed E-state index contributed by atoms with van der Waals surface area (Å²) in [4.78, 5) is 0.